The first-order chi connectivity index (χ1) is 8.16. The van der Waals surface area contributed by atoms with Crippen LogP contribution in [0.25, 0.3) is 0 Å². The van der Waals surface area contributed by atoms with Crippen LogP contribution >= 0.6 is 35.0 Å². The fraction of sp³-hybridized carbons (Fsp3) is 0.417. The number of benzene rings is 1. The zero-order valence-electron chi connectivity index (χ0n) is 9.29. The molecule has 5 heteroatoms. The highest BCUT2D eigenvalue weighted by atomic mass is 35.5. The Kier molecular flexibility index (Phi) is 4.74. The second-order valence-electron chi connectivity index (χ2n) is 3.94. The van der Waals surface area contributed by atoms with E-state index in [1.807, 2.05) is 11.8 Å². The normalized spacial score (nSPS) is 17.1. The van der Waals surface area contributed by atoms with E-state index in [4.69, 9.17) is 23.2 Å². The summed E-state index contributed by atoms with van der Waals surface area (Å²) in [6.45, 7) is 2.44. The van der Waals surface area contributed by atoms with Gasteiger partial charge in [-0.05, 0) is 18.2 Å². The average Bonchev–Trinajstić information content (AvgIpc) is 2.34. The maximum Gasteiger partial charge on any atom is 0.176 e. The van der Waals surface area contributed by atoms with Gasteiger partial charge < -0.3 is 0 Å². The highest BCUT2D eigenvalue weighted by Gasteiger charge is 2.15. The van der Waals surface area contributed by atoms with Crippen LogP contribution in [0.15, 0.2) is 18.2 Å². The molecule has 1 saturated heterocycles. The van der Waals surface area contributed by atoms with Gasteiger partial charge in [0.1, 0.15) is 0 Å². The number of hydrogen-bond acceptors (Lipinski definition) is 3. The van der Waals surface area contributed by atoms with E-state index in [-0.39, 0.29) is 5.78 Å². The van der Waals surface area contributed by atoms with Gasteiger partial charge in [0, 0.05) is 30.2 Å². The molecule has 2 nitrogen and oxygen atoms in total. The molecule has 1 aliphatic heterocycles. The van der Waals surface area contributed by atoms with Gasteiger partial charge in [-0.2, -0.15) is 11.8 Å². The summed E-state index contributed by atoms with van der Waals surface area (Å²) >= 11 is 13.7. The lowest BCUT2D eigenvalue weighted by Crippen LogP contribution is -2.36. The highest BCUT2D eigenvalue weighted by Crippen LogP contribution is 2.23. The maximum absolute atomic E-state index is 12.0. The number of rotatable bonds is 3. The summed E-state index contributed by atoms with van der Waals surface area (Å²) < 4.78 is 0. The van der Waals surface area contributed by atoms with E-state index in [1.54, 1.807) is 18.2 Å². The number of ketones is 1. The van der Waals surface area contributed by atoms with Crippen LogP contribution in [-0.4, -0.2) is 41.8 Å². The SMILES string of the molecule is O=C(CN1CCSCC1)c1ccc(Cl)c(Cl)c1. The van der Waals surface area contributed by atoms with E-state index in [9.17, 15) is 4.79 Å². The first-order valence-electron chi connectivity index (χ1n) is 5.45. The second-order valence-corrected chi connectivity index (χ2v) is 5.98. The predicted molar refractivity (Wildman–Crippen MR) is 74.6 cm³/mol. The minimum atomic E-state index is 0.107. The zero-order chi connectivity index (χ0) is 12.3. The van der Waals surface area contributed by atoms with Crippen LogP contribution in [0, 0.1) is 0 Å². The van der Waals surface area contributed by atoms with Crippen LogP contribution in [0.4, 0.5) is 0 Å². The average molecular weight is 290 g/mol. The van der Waals surface area contributed by atoms with Crippen molar-refractivity contribution in [1.29, 1.82) is 0 Å². The van der Waals surface area contributed by atoms with Crippen molar-refractivity contribution >= 4 is 40.7 Å². The van der Waals surface area contributed by atoms with Crippen molar-refractivity contribution in [2.75, 3.05) is 31.1 Å². The topological polar surface area (TPSA) is 20.3 Å². The molecule has 17 heavy (non-hydrogen) atoms. The molecule has 0 atom stereocenters. The number of carbonyl (C=O) groups is 1. The molecule has 0 aromatic heterocycles. The van der Waals surface area contributed by atoms with Gasteiger partial charge in [-0.3, -0.25) is 9.69 Å². The summed E-state index contributed by atoms with van der Waals surface area (Å²) in [5.74, 6) is 2.32. The summed E-state index contributed by atoms with van der Waals surface area (Å²) in [5, 5.41) is 0.921. The van der Waals surface area contributed by atoms with E-state index in [0.29, 0.717) is 22.2 Å². The first-order valence-corrected chi connectivity index (χ1v) is 7.36. The van der Waals surface area contributed by atoms with Crippen molar-refractivity contribution in [3.8, 4) is 0 Å². The number of thioether (sulfide) groups is 1. The third kappa shape index (κ3) is 3.62. The van der Waals surface area contributed by atoms with Gasteiger partial charge in [-0.1, -0.05) is 23.2 Å². The van der Waals surface area contributed by atoms with E-state index in [1.165, 1.54) is 0 Å². The molecule has 92 valence electrons. The molecule has 1 aromatic rings. The molecule has 0 radical (unpaired) electrons. The zero-order valence-corrected chi connectivity index (χ0v) is 11.6. The van der Waals surface area contributed by atoms with Gasteiger partial charge in [0.2, 0.25) is 0 Å². The molecular formula is C12H13Cl2NOS. The number of halogens is 2. The molecule has 0 amide bonds. The van der Waals surface area contributed by atoms with Crippen LogP contribution in [0.1, 0.15) is 10.4 Å². The molecule has 2 rings (SSSR count). The largest absolute Gasteiger partial charge is 0.294 e. The molecule has 1 aromatic carbocycles. The predicted octanol–water partition coefficient (Wildman–Crippen LogP) is 3.22. The number of Topliss-reactive ketones (excluding diaryl/α,β-unsaturated/α-hetero) is 1. The Hall–Kier alpha value is -0.220. The van der Waals surface area contributed by atoms with Crippen LogP contribution in [0.3, 0.4) is 0 Å². The van der Waals surface area contributed by atoms with Gasteiger partial charge in [0.25, 0.3) is 0 Å². The highest BCUT2D eigenvalue weighted by molar-refractivity contribution is 7.99. The van der Waals surface area contributed by atoms with Crippen molar-refractivity contribution in [2.24, 2.45) is 0 Å². The van der Waals surface area contributed by atoms with Gasteiger partial charge >= 0.3 is 0 Å². The van der Waals surface area contributed by atoms with E-state index in [2.05, 4.69) is 4.90 Å². The van der Waals surface area contributed by atoms with Crippen LogP contribution in [0.2, 0.25) is 10.0 Å². The molecule has 0 N–H and O–H groups in total. The Balaban J connectivity index is 2.01. The summed E-state index contributed by atoms with van der Waals surface area (Å²) in [5.41, 5.74) is 0.637. The third-order valence-corrected chi connectivity index (χ3v) is 4.39. The van der Waals surface area contributed by atoms with Gasteiger partial charge in [0.15, 0.2) is 5.78 Å². The minimum Gasteiger partial charge on any atom is -0.294 e. The summed E-state index contributed by atoms with van der Waals surface area (Å²) in [7, 11) is 0. The molecular weight excluding hydrogens is 277 g/mol. The molecule has 0 saturated carbocycles. The maximum atomic E-state index is 12.0. The second kappa shape index (κ2) is 6.10. The number of carbonyl (C=O) groups excluding carboxylic acids is 1. The van der Waals surface area contributed by atoms with Crippen LogP contribution < -0.4 is 0 Å². The van der Waals surface area contributed by atoms with Crippen molar-refractivity contribution < 1.29 is 4.79 Å². The van der Waals surface area contributed by atoms with Gasteiger partial charge in [-0.15, -0.1) is 0 Å². The lowest BCUT2D eigenvalue weighted by molar-refractivity contribution is 0.0937. The molecule has 0 bridgehead atoms. The Labute approximate surface area is 115 Å². The summed E-state index contributed by atoms with van der Waals surface area (Å²) in [4.78, 5) is 14.2. The van der Waals surface area contributed by atoms with Crippen LogP contribution in [-0.2, 0) is 0 Å². The van der Waals surface area contributed by atoms with Crippen molar-refractivity contribution in [3.63, 3.8) is 0 Å². The minimum absolute atomic E-state index is 0.107. The van der Waals surface area contributed by atoms with Crippen molar-refractivity contribution in [1.82, 2.24) is 4.90 Å². The fourth-order valence-electron chi connectivity index (χ4n) is 1.72. The number of nitrogens with zero attached hydrogens (tertiary/aromatic N) is 1. The van der Waals surface area contributed by atoms with Gasteiger partial charge in [-0.25, -0.2) is 0 Å². The smallest absolute Gasteiger partial charge is 0.176 e. The molecule has 1 heterocycles. The standard InChI is InChI=1S/C12H13Cl2NOS/c13-10-2-1-9(7-11(10)14)12(16)8-15-3-5-17-6-4-15/h1-2,7H,3-6,8H2. The van der Waals surface area contributed by atoms with E-state index >= 15 is 0 Å². The molecule has 0 unspecified atom stereocenters. The lowest BCUT2D eigenvalue weighted by atomic mass is 10.1. The molecule has 0 spiro atoms. The Bertz CT molecular complexity index is 419. The molecule has 1 aliphatic rings. The molecule has 0 aliphatic carbocycles. The van der Waals surface area contributed by atoms with E-state index in [0.717, 1.165) is 24.6 Å². The number of hydrogen-bond donors (Lipinski definition) is 0. The Morgan fingerprint density at radius 1 is 1.24 bits per heavy atom. The monoisotopic (exact) mass is 289 g/mol. The van der Waals surface area contributed by atoms with E-state index < -0.39 is 0 Å². The molecule has 1 fully saturated rings. The lowest BCUT2D eigenvalue weighted by Gasteiger charge is -2.25. The van der Waals surface area contributed by atoms with Crippen molar-refractivity contribution in [3.05, 3.63) is 33.8 Å². The summed E-state index contributed by atoms with van der Waals surface area (Å²) in [6.07, 6.45) is 0. The van der Waals surface area contributed by atoms with Crippen molar-refractivity contribution in [2.45, 2.75) is 0 Å². The quantitative estimate of drug-likeness (QED) is 0.797. The first kappa shape index (κ1) is 13.2. The summed E-state index contributed by atoms with van der Waals surface area (Å²) in [6, 6.07) is 5.04. The third-order valence-electron chi connectivity index (χ3n) is 2.71. The fourth-order valence-corrected chi connectivity index (χ4v) is 3.00. The van der Waals surface area contributed by atoms with Gasteiger partial charge in [0.05, 0.1) is 16.6 Å². The van der Waals surface area contributed by atoms with Crippen LogP contribution in [0.5, 0.6) is 0 Å². The Morgan fingerprint density at radius 2 is 1.94 bits per heavy atom. The Morgan fingerprint density at radius 3 is 2.59 bits per heavy atom.